The molecular weight excluding hydrogens is 226 g/mol. The highest BCUT2D eigenvalue weighted by Gasteiger charge is 2.27. The molecule has 0 saturated carbocycles. The van der Waals surface area contributed by atoms with Crippen LogP contribution >= 0.6 is 11.6 Å². The van der Waals surface area contributed by atoms with Gasteiger partial charge in [0.15, 0.2) is 0 Å². The van der Waals surface area contributed by atoms with Crippen molar-refractivity contribution < 1.29 is 9.90 Å². The van der Waals surface area contributed by atoms with Crippen LogP contribution in [0.4, 0.5) is 0 Å². The van der Waals surface area contributed by atoms with E-state index in [1.165, 1.54) is 0 Å². The van der Waals surface area contributed by atoms with Gasteiger partial charge < -0.3 is 5.11 Å². The molecule has 0 bridgehead atoms. The van der Waals surface area contributed by atoms with Crippen molar-refractivity contribution in [1.29, 1.82) is 0 Å². The second kappa shape index (κ2) is 4.85. The van der Waals surface area contributed by atoms with Gasteiger partial charge in [-0.1, -0.05) is 23.7 Å². The van der Waals surface area contributed by atoms with Gasteiger partial charge in [-0.05, 0) is 37.1 Å². The number of carboxylic acids is 1. The third-order valence-corrected chi connectivity index (χ3v) is 3.21. The number of aliphatic carboxylic acids is 1. The van der Waals surface area contributed by atoms with Crippen molar-refractivity contribution in [3.05, 3.63) is 34.9 Å². The topological polar surface area (TPSA) is 40.5 Å². The summed E-state index contributed by atoms with van der Waals surface area (Å²) < 4.78 is 0. The second-order valence-electron chi connectivity index (χ2n) is 4.07. The van der Waals surface area contributed by atoms with Crippen LogP contribution in [0, 0.1) is 0 Å². The van der Waals surface area contributed by atoms with Crippen LogP contribution in [0.3, 0.4) is 0 Å². The Kier molecular flexibility index (Phi) is 3.46. The van der Waals surface area contributed by atoms with Gasteiger partial charge in [-0.15, -0.1) is 0 Å². The fourth-order valence-corrected chi connectivity index (χ4v) is 2.38. The van der Waals surface area contributed by atoms with E-state index in [9.17, 15) is 4.79 Å². The van der Waals surface area contributed by atoms with Crippen molar-refractivity contribution in [3.8, 4) is 0 Å². The molecular formula is C12H14ClNO2. The Labute approximate surface area is 99.6 Å². The highest BCUT2D eigenvalue weighted by molar-refractivity contribution is 6.30. The van der Waals surface area contributed by atoms with E-state index < -0.39 is 5.97 Å². The van der Waals surface area contributed by atoms with Crippen LogP contribution in [0.25, 0.3) is 0 Å². The minimum Gasteiger partial charge on any atom is -0.480 e. The number of halogens is 1. The van der Waals surface area contributed by atoms with Gasteiger partial charge >= 0.3 is 5.97 Å². The number of likely N-dealkylation sites (tertiary alicyclic amines) is 1. The van der Waals surface area contributed by atoms with E-state index in [1.54, 1.807) is 0 Å². The first kappa shape index (κ1) is 11.4. The first-order valence-corrected chi connectivity index (χ1v) is 5.76. The Hall–Kier alpha value is -1.06. The lowest BCUT2D eigenvalue weighted by Crippen LogP contribution is -2.29. The average molecular weight is 240 g/mol. The molecule has 2 rings (SSSR count). The zero-order valence-corrected chi connectivity index (χ0v) is 9.65. The van der Waals surface area contributed by atoms with Gasteiger partial charge in [-0.25, -0.2) is 0 Å². The summed E-state index contributed by atoms with van der Waals surface area (Å²) in [5, 5.41) is 9.53. The number of benzene rings is 1. The van der Waals surface area contributed by atoms with Gasteiger partial charge in [0.1, 0.15) is 0 Å². The molecule has 0 spiro atoms. The Morgan fingerprint density at radius 1 is 1.44 bits per heavy atom. The lowest BCUT2D eigenvalue weighted by atomic mass is 10.0. The highest BCUT2D eigenvalue weighted by Crippen LogP contribution is 2.31. The second-order valence-corrected chi connectivity index (χ2v) is 4.51. The lowest BCUT2D eigenvalue weighted by molar-refractivity contribution is -0.138. The van der Waals surface area contributed by atoms with Crippen LogP contribution in [0.5, 0.6) is 0 Å². The van der Waals surface area contributed by atoms with Gasteiger partial charge in [0.2, 0.25) is 0 Å². The summed E-state index contributed by atoms with van der Waals surface area (Å²) in [6.07, 6.45) is 2.08. The zero-order chi connectivity index (χ0) is 11.5. The lowest BCUT2D eigenvalue weighted by Gasteiger charge is -2.22. The van der Waals surface area contributed by atoms with Gasteiger partial charge in [-0.3, -0.25) is 9.69 Å². The Balaban J connectivity index is 2.13. The average Bonchev–Trinajstić information content (AvgIpc) is 2.66. The SMILES string of the molecule is O=C(O)CN1CCC[C@@H]1c1ccc(Cl)cc1. The Morgan fingerprint density at radius 2 is 2.12 bits per heavy atom. The molecule has 86 valence electrons. The van der Waals surface area contributed by atoms with Crippen LogP contribution in [0.2, 0.25) is 5.02 Å². The van der Waals surface area contributed by atoms with Crippen molar-refractivity contribution in [2.45, 2.75) is 18.9 Å². The third kappa shape index (κ3) is 2.54. The smallest absolute Gasteiger partial charge is 0.317 e. The van der Waals surface area contributed by atoms with Gasteiger partial charge in [0.25, 0.3) is 0 Å². The summed E-state index contributed by atoms with van der Waals surface area (Å²) in [6.45, 7) is 0.979. The van der Waals surface area contributed by atoms with Crippen molar-refractivity contribution >= 4 is 17.6 Å². The molecule has 16 heavy (non-hydrogen) atoms. The first-order chi connectivity index (χ1) is 7.66. The molecule has 1 aliphatic heterocycles. The normalized spacial score (nSPS) is 21.2. The maximum absolute atomic E-state index is 10.7. The molecule has 1 N–H and O–H groups in total. The van der Waals surface area contributed by atoms with E-state index in [1.807, 2.05) is 29.2 Å². The Bertz CT molecular complexity index is 377. The summed E-state index contributed by atoms with van der Waals surface area (Å²) in [5.74, 6) is -0.763. The van der Waals surface area contributed by atoms with Crippen molar-refractivity contribution in [1.82, 2.24) is 4.90 Å². The van der Waals surface area contributed by atoms with Crippen LogP contribution in [-0.2, 0) is 4.79 Å². The molecule has 1 atom stereocenters. The van der Waals surface area contributed by atoms with E-state index in [4.69, 9.17) is 16.7 Å². The van der Waals surface area contributed by atoms with E-state index in [0.717, 1.165) is 24.9 Å². The van der Waals surface area contributed by atoms with Crippen LogP contribution < -0.4 is 0 Å². The first-order valence-electron chi connectivity index (χ1n) is 5.38. The van der Waals surface area contributed by atoms with Crippen LogP contribution in [0.15, 0.2) is 24.3 Å². The van der Waals surface area contributed by atoms with Crippen LogP contribution in [-0.4, -0.2) is 29.1 Å². The number of carboxylic acid groups (broad SMARTS) is 1. The molecule has 1 saturated heterocycles. The molecule has 1 heterocycles. The molecule has 0 amide bonds. The fraction of sp³-hybridized carbons (Fsp3) is 0.417. The molecule has 1 fully saturated rings. The third-order valence-electron chi connectivity index (χ3n) is 2.96. The molecule has 0 radical (unpaired) electrons. The minimum atomic E-state index is -0.763. The number of carbonyl (C=O) groups is 1. The standard InChI is InChI=1S/C12H14ClNO2/c13-10-5-3-9(4-6-10)11-2-1-7-14(11)8-12(15)16/h3-6,11H,1-2,7-8H2,(H,15,16)/t11-/m1/s1. The predicted molar refractivity (Wildman–Crippen MR) is 62.6 cm³/mol. The van der Waals surface area contributed by atoms with Gasteiger partial charge in [0.05, 0.1) is 6.54 Å². The summed E-state index contributed by atoms with van der Waals surface area (Å²) in [6, 6.07) is 7.90. The fourth-order valence-electron chi connectivity index (χ4n) is 2.25. The van der Waals surface area contributed by atoms with Gasteiger partial charge in [0, 0.05) is 11.1 Å². The number of hydrogen-bond acceptors (Lipinski definition) is 2. The molecule has 0 aliphatic carbocycles. The van der Waals surface area contributed by atoms with Crippen molar-refractivity contribution in [2.75, 3.05) is 13.1 Å². The maximum atomic E-state index is 10.7. The number of hydrogen-bond donors (Lipinski definition) is 1. The summed E-state index contributed by atoms with van der Waals surface area (Å²) in [7, 11) is 0. The molecule has 0 aromatic heterocycles. The largest absolute Gasteiger partial charge is 0.480 e. The molecule has 4 heteroatoms. The molecule has 1 aromatic carbocycles. The molecule has 3 nitrogen and oxygen atoms in total. The van der Waals surface area contributed by atoms with Gasteiger partial charge in [-0.2, -0.15) is 0 Å². The van der Waals surface area contributed by atoms with Crippen molar-refractivity contribution in [2.24, 2.45) is 0 Å². The maximum Gasteiger partial charge on any atom is 0.317 e. The van der Waals surface area contributed by atoms with E-state index in [-0.39, 0.29) is 12.6 Å². The predicted octanol–water partition coefficient (Wildman–Crippen LogP) is 2.56. The summed E-state index contributed by atoms with van der Waals surface area (Å²) >= 11 is 5.83. The highest BCUT2D eigenvalue weighted by atomic mass is 35.5. The monoisotopic (exact) mass is 239 g/mol. The van der Waals surface area contributed by atoms with Crippen molar-refractivity contribution in [3.63, 3.8) is 0 Å². The summed E-state index contributed by atoms with van der Waals surface area (Å²) in [5.41, 5.74) is 1.16. The minimum absolute atomic E-state index is 0.118. The molecule has 0 unspecified atom stereocenters. The van der Waals surface area contributed by atoms with Crippen LogP contribution in [0.1, 0.15) is 24.4 Å². The molecule has 1 aromatic rings. The van der Waals surface area contributed by atoms with E-state index >= 15 is 0 Å². The van der Waals surface area contributed by atoms with E-state index in [2.05, 4.69) is 0 Å². The number of nitrogens with zero attached hydrogens (tertiary/aromatic N) is 1. The zero-order valence-electron chi connectivity index (χ0n) is 8.90. The quantitative estimate of drug-likeness (QED) is 0.881. The number of rotatable bonds is 3. The Morgan fingerprint density at radius 3 is 2.75 bits per heavy atom. The summed E-state index contributed by atoms with van der Waals surface area (Å²) in [4.78, 5) is 12.7. The van der Waals surface area contributed by atoms with E-state index in [0.29, 0.717) is 5.02 Å². The molecule has 1 aliphatic rings.